The molecule has 3 aromatic carbocycles. The van der Waals surface area contributed by atoms with Gasteiger partial charge in [-0.1, -0.05) is 37.3 Å². The van der Waals surface area contributed by atoms with Gasteiger partial charge in [0.2, 0.25) is 11.8 Å². The van der Waals surface area contributed by atoms with Gasteiger partial charge in [-0.15, -0.1) is 0 Å². The Bertz CT molecular complexity index is 1350. The van der Waals surface area contributed by atoms with Gasteiger partial charge in [0, 0.05) is 16.2 Å². The van der Waals surface area contributed by atoms with Crippen LogP contribution in [-0.4, -0.2) is 50.9 Å². The van der Waals surface area contributed by atoms with Gasteiger partial charge in [0.1, 0.15) is 18.3 Å². The molecule has 208 valence electrons. The number of hydrogen-bond acceptors (Lipinski definition) is 5. The average Bonchev–Trinajstić information content (AvgIpc) is 2.92. The normalized spacial score (nSPS) is 12.1. The number of hydrogen-bond donors (Lipinski definition) is 1. The third-order valence-electron chi connectivity index (χ3n) is 6.05. The van der Waals surface area contributed by atoms with Crippen LogP contribution in [0.1, 0.15) is 32.8 Å². The van der Waals surface area contributed by atoms with Crippen LogP contribution in [0.25, 0.3) is 0 Å². The fraction of sp³-hybridized carbons (Fsp3) is 0.310. The molecule has 0 saturated carbocycles. The number of amides is 2. The van der Waals surface area contributed by atoms with Crippen molar-refractivity contribution < 1.29 is 22.7 Å². The molecule has 10 heteroatoms. The lowest BCUT2D eigenvalue weighted by atomic mass is 10.1. The summed E-state index contributed by atoms with van der Waals surface area (Å²) in [7, 11) is -2.51. The lowest BCUT2D eigenvalue weighted by Gasteiger charge is -2.33. The van der Waals surface area contributed by atoms with E-state index >= 15 is 0 Å². The van der Waals surface area contributed by atoms with E-state index in [2.05, 4.69) is 27.9 Å². The molecule has 0 aliphatic rings. The van der Waals surface area contributed by atoms with Crippen molar-refractivity contribution in [2.45, 2.75) is 50.7 Å². The van der Waals surface area contributed by atoms with Gasteiger partial charge in [-0.2, -0.15) is 0 Å². The maximum Gasteiger partial charge on any atom is 0.264 e. The molecule has 3 aromatic rings. The Hall–Kier alpha value is -3.12. The molecule has 0 aliphatic heterocycles. The standard InChI is InChI=1S/C29H34IN3O5S/c1-5-27(29(35)31-21(2)3)32(19-22-11-17-25(38-4)18-12-22)28(34)20-33(24-15-13-23(30)14-16-24)39(36,37)26-9-7-6-8-10-26/h6-18,21,27H,5,19-20H2,1-4H3,(H,31,35). The largest absolute Gasteiger partial charge is 0.497 e. The van der Waals surface area contributed by atoms with E-state index in [0.717, 1.165) is 13.4 Å². The molecule has 0 saturated heterocycles. The number of halogens is 1. The van der Waals surface area contributed by atoms with Crippen LogP contribution in [0, 0.1) is 3.57 Å². The Morgan fingerprint density at radius 1 is 0.949 bits per heavy atom. The topological polar surface area (TPSA) is 96.0 Å². The first-order valence-corrected chi connectivity index (χ1v) is 15.1. The summed E-state index contributed by atoms with van der Waals surface area (Å²) >= 11 is 2.14. The maximum atomic E-state index is 14.0. The van der Waals surface area contributed by atoms with Gasteiger partial charge in [0.25, 0.3) is 10.0 Å². The molecule has 0 fully saturated rings. The zero-order valence-electron chi connectivity index (χ0n) is 22.5. The molecule has 2 amide bonds. The predicted octanol–water partition coefficient (Wildman–Crippen LogP) is 4.83. The quantitative estimate of drug-likeness (QED) is 0.281. The number of carbonyl (C=O) groups is 2. The number of anilines is 1. The van der Waals surface area contributed by atoms with E-state index in [1.807, 2.05) is 32.9 Å². The van der Waals surface area contributed by atoms with Gasteiger partial charge in [-0.25, -0.2) is 8.42 Å². The first kappa shape index (κ1) is 30.4. The minimum Gasteiger partial charge on any atom is -0.497 e. The Kier molecular flexibility index (Phi) is 10.8. The predicted molar refractivity (Wildman–Crippen MR) is 161 cm³/mol. The minimum atomic E-state index is -4.08. The van der Waals surface area contributed by atoms with Crippen LogP contribution in [0.3, 0.4) is 0 Å². The Balaban J connectivity index is 2.04. The van der Waals surface area contributed by atoms with Crippen LogP contribution in [0.5, 0.6) is 5.75 Å². The molecular formula is C29H34IN3O5S. The number of methoxy groups -OCH3 is 1. The first-order valence-electron chi connectivity index (χ1n) is 12.6. The van der Waals surface area contributed by atoms with E-state index < -0.39 is 28.5 Å². The van der Waals surface area contributed by atoms with Crippen molar-refractivity contribution in [3.8, 4) is 5.75 Å². The highest BCUT2D eigenvalue weighted by atomic mass is 127. The molecule has 1 atom stereocenters. The smallest absolute Gasteiger partial charge is 0.264 e. The third kappa shape index (κ3) is 7.95. The minimum absolute atomic E-state index is 0.0719. The first-order chi connectivity index (χ1) is 18.6. The molecule has 3 rings (SSSR count). The number of sulfonamides is 1. The van der Waals surface area contributed by atoms with Crippen molar-refractivity contribution in [2.75, 3.05) is 18.0 Å². The summed E-state index contributed by atoms with van der Waals surface area (Å²) in [6.45, 7) is 5.19. The Morgan fingerprint density at radius 2 is 1.56 bits per heavy atom. The number of nitrogens with one attached hydrogen (secondary N) is 1. The number of rotatable bonds is 12. The highest BCUT2D eigenvalue weighted by molar-refractivity contribution is 14.1. The molecule has 39 heavy (non-hydrogen) atoms. The summed E-state index contributed by atoms with van der Waals surface area (Å²) in [5, 5.41) is 2.89. The molecule has 0 aromatic heterocycles. The summed E-state index contributed by atoms with van der Waals surface area (Å²) < 4.78 is 34.8. The van der Waals surface area contributed by atoms with Gasteiger partial charge < -0.3 is 15.0 Å². The van der Waals surface area contributed by atoms with Gasteiger partial charge in [-0.3, -0.25) is 13.9 Å². The molecule has 0 radical (unpaired) electrons. The van der Waals surface area contributed by atoms with Crippen LogP contribution in [0.15, 0.2) is 83.8 Å². The number of benzene rings is 3. The molecule has 0 spiro atoms. The summed E-state index contributed by atoms with van der Waals surface area (Å²) in [5.74, 6) is -0.115. The fourth-order valence-electron chi connectivity index (χ4n) is 4.08. The monoisotopic (exact) mass is 663 g/mol. The van der Waals surface area contributed by atoms with Gasteiger partial charge >= 0.3 is 0 Å². The van der Waals surface area contributed by atoms with E-state index in [9.17, 15) is 18.0 Å². The molecule has 8 nitrogen and oxygen atoms in total. The highest BCUT2D eigenvalue weighted by Crippen LogP contribution is 2.26. The van der Waals surface area contributed by atoms with Crippen LogP contribution < -0.4 is 14.4 Å². The SMILES string of the molecule is CCC(C(=O)NC(C)C)N(Cc1ccc(OC)cc1)C(=O)CN(c1ccc(I)cc1)S(=O)(=O)c1ccccc1. The van der Waals surface area contributed by atoms with Gasteiger partial charge in [0.15, 0.2) is 0 Å². The second-order valence-corrected chi connectivity index (χ2v) is 12.4. The summed E-state index contributed by atoms with van der Waals surface area (Å²) in [4.78, 5) is 28.7. The van der Waals surface area contributed by atoms with E-state index in [0.29, 0.717) is 17.9 Å². The van der Waals surface area contributed by atoms with Gasteiger partial charge in [-0.05, 0) is 97.0 Å². The number of nitrogens with zero attached hydrogens (tertiary/aromatic N) is 2. The molecule has 0 bridgehead atoms. The lowest BCUT2D eigenvalue weighted by molar-refractivity contribution is -0.140. The van der Waals surface area contributed by atoms with Crippen LogP contribution in [0.4, 0.5) is 5.69 Å². The van der Waals surface area contributed by atoms with E-state index in [1.165, 1.54) is 17.0 Å². The molecule has 1 N–H and O–H groups in total. The van der Waals surface area contributed by atoms with E-state index in [-0.39, 0.29) is 23.4 Å². The van der Waals surface area contributed by atoms with Crippen molar-refractivity contribution in [2.24, 2.45) is 0 Å². The van der Waals surface area contributed by atoms with Crippen LogP contribution in [-0.2, 0) is 26.2 Å². The second kappa shape index (κ2) is 13.8. The lowest BCUT2D eigenvalue weighted by Crippen LogP contribution is -2.53. The Morgan fingerprint density at radius 3 is 2.10 bits per heavy atom. The fourth-order valence-corrected chi connectivity index (χ4v) is 5.88. The Labute approximate surface area is 244 Å². The summed E-state index contributed by atoms with van der Waals surface area (Å²) in [6, 6.07) is 21.2. The average molecular weight is 664 g/mol. The zero-order valence-corrected chi connectivity index (χ0v) is 25.5. The van der Waals surface area contributed by atoms with Crippen molar-refractivity contribution in [3.05, 3.63) is 88.0 Å². The van der Waals surface area contributed by atoms with E-state index in [1.54, 1.807) is 61.7 Å². The molecule has 0 heterocycles. The highest BCUT2D eigenvalue weighted by Gasteiger charge is 2.33. The van der Waals surface area contributed by atoms with Crippen LogP contribution in [0.2, 0.25) is 0 Å². The molecular weight excluding hydrogens is 629 g/mol. The summed E-state index contributed by atoms with van der Waals surface area (Å²) in [6.07, 6.45) is 0.357. The number of ether oxygens (including phenoxy) is 1. The second-order valence-electron chi connectivity index (χ2n) is 9.26. The third-order valence-corrected chi connectivity index (χ3v) is 8.56. The molecule has 1 unspecified atom stereocenters. The van der Waals surface area contributed by atoms with Crippen LogP contribution >= 0.6 is 22.6 Å². The summed E-state index contributed by atoms with van der Waals surface area (Å²) in [5.41, 5.74) is 1.14. The molecule has 0 aliphatic carbocycles. The van der Waals surface area contributed by atoms with Gasteiger partial charge in [0.05, 0.1) is 17.7 Å². The number of carbonyl (C=O) groups excluding carboxylic acids is 2. The maximum absolute atomic E-state index is 14.0. The van der Waals surface area contributed by atoms with Crippen molar-refractivity contribution >= 4 is 50.1 Å². The van der Waals surface area contributed by atoms with E-state index in [4.69, 9.17) is 4.74 Å². The zero-order chi connectivity index (χ0) is 28.6. The van der Waals surface area contributed by atoms with Crippen molar-refractivity contribution in [1.29, 1.82) is 0 Å². The van der Waals surface area contributed by atoms with Crippen molar-refractivity contribution in [3.63, 3.8) is 0 Å². The van der Waals surface area contributed by atoms with Crippen molar-refractivity contribution in [1.82, 2.24) is 10.2 Å².